The van der Waals surface area contributed by atoms with E-state index in [9.17, 15) is 4.39 Å². The van der Waals surface area contributed by atoms with Gasteiger partial charge in [0, 0.05) is 23.9 Å². The number of benzene rings is 1. The molecule has 0 unspecified atom stereocenters. The van der Waals surface area contributed by atoms with Gasteiger partial charge in [0.1, 0.15) is 5.52 Å². The maximum Gasteiger partial charge on any atom is 0.158 e. The summed E-state index contributed by atoms with van der Waals surface area (Å²) >= 11 is 1.61. The third-order valence-corrected chi connectivity index (χ3v) is 6.34. The SMILES string of the molecule is Cc1cn2cc(-c3cc(F)c4nc(C5CCNCC5)sc4c3)nc2c(C)n1. The second-order valence-electron chi connectivity index (χ2n) is 7.21. The smallest absolute Gasteiger partial charge is 0.158 e. The van der Waals surface area contributed by atoms with Crippen molar-refractivity contribution in [1.29, 1.82) is 0 Å². The zero-order chi connectivity index (χ0) is 18.5. The van der Waals surface area contributed by atoms with Crippen molar-refractivity contribution < 1.29 is 4.39 Å². The first kappa shape index (κ1) is 16.8. The van der Waals surface area contributed by atoms with Gasteiger partial charge in [-0.3, -0.25) is 4.98 Å². The van der Waals surface area contributed by atoms with E-state index in [1.807, 2.05) is 36.7 Å². The van der Waals surface area contributed by atoms with Gasteiger partial charge in [-0.25, -0.2) is 14.4 Å². The molecule has 138 valence electrons. The molecule has 0 amide bonds. The van der Waals surface area contributed by atoms with Crippen molar-refractivity contribution in [2.75, 3.05) is 13.1 Å². The predicted octanol–water partition coefficient (Wildman–Crippen LogP) is 4.23. The topological polar surface area (TPSA) is 55.1 Å². The molecule has 0 radical (unpaired) electrons. The Balaban J connectivity index is 1.60. The minimum absolute atomic E-state index is 0.276. The molecule has 3 aromatic heterocycles. The normalized spacial score (nSPS) is 15.8. The number of fused-ring (bicyclic) bond motifs is 2. The summed E-state index contributed by atoms with van der Waals surface area (Å²) in [6, 6.07) is 3.56. The van der Waals surface area contributed by atoms with Crippen LogP contribution in [0.25, 0.3) is 27.1 Å². The number of thiazole rings is 1. The van der Waals surface area contributed by atoms with Crippen LogP contribution in [0.2, 0.25) is 0 Å². The largest absolute Gasteiger partial charge is 0.317 e. The highest BCUT2D eigenvalue weighted by atomic mass is 32.1. The minimum Gasteiger partial charge on any atom is -0.317 e. The van der Waals surface area contributed by atoms with Gasteiger partial charge < -0.3 is 9.72 Å². The summed E-state index contributed by atoms with van der Waals surface area (Å²) in [5.74, 6) is 0.153. The molecule has 0 spiro atoms. The monoisotopic (exact) mass is 381 g/mol. The fourth-order valence-electron chi connectivity index (χ4n) is 3.84. The van der Waals surface area contributed by atoms with Crippen LogP contribution < -0.4 is 5.32 Å². The number of halogens is 1. The van der Waals surface area contributed by atoms with Gasteiger partial charge in [0.25, 0.3) is 0 Å². The molecule has 1 N–H and O–H groups in total. The number of aryl methyl sites for hydroxylation is 2. The Morgan fingerprint density at radius 3 is 2.74 bits per heavy atom. The molecule has 1 saturated heterocycles. The summed E-state index contributed by atoms with van der Waals surface area (Å²) in [5.41, 5.74) is 4.61. The summed E-state index contributed by atoms with van der Waals surface area (Å²) in [5, 5.41) is 4.42. The second-order valence-corrected chi connectivity index (χ2v) is 8.27. The highest BCUT2D eigenvalue weighted by Crippen LogP contribution is 2.35. The lowest BCUT2D eigenvalue weighted by molar-refractivity contribution is 0.459. The van der Waals surface area contributed by atoms with Crippen LogP contribution in [0.4, 0.5) is 4.39 Å². The molecular formula is C20H20FN5S. The van der Waals surface area contributed by atoms with E-state index in [1.54, 1.807) is 17.4 Å². The minimum atomic E-state index is -0.276. The quantitative estimate of drug-likeness (QED) is 0.565. The molecule has 4 aromatic rings. The lowest BCUT2D eigenvalue weighted by Gasteiger charge is -2.20. The molecule has 0 atom stereocenters. The Hall–Kier alpha value is -2.38. The molecule has 0 aliphatic carbocycles. The zero-order valence-corrected chi connectivity index (χ0v) is 16.1. The average Bonchev–Trinajstić information content (AvgIpc) is 3.27. The molecule has 27 heavy (non-hydrogen) atoms. The van der Waals surface area contributed by atoms with Crippen molar-refractivity contribution in [2.24, 2.45) is 0 Å². The van der Waals surface area contributed by atoms with E-state index in [2.05, 4.69) is 20.3 Å². The first-order valence-electron chi connectivity index (χ1n) is 9.22. The number of aromatic nitrogens is 4. The fourth-order valence-corrected chi connectivity index (χ4v) is 5.03. The van der Waals surface area contributed by atoms with Crippen molar-refractivity contribution in [3.63, 3.8) is 0 Å². The molecule has 1 aromatic carbocycles. The molecule has 0 bridgehead atoms. The van der Waals surface area contributed by atoms with Gasteiger partial charge in [-0.1, -0.05) is 0 Å². The van der Waals surface area contributed by atoms with Gasteiger partial charge in [-0.15, -0.1) is 11.3 Å². The summed E-state index contributed by atoms with van der Waals surface area (Å²) in [7, 11) is 0. The first-order valence-corrected chi connectivity index (χ1v) is 10.0. The van der Waals surface area contributed by atoms with Crippen LogP contribution in [0, 0.1) is 19.7 Å². The van der Waals surface area contributed by atoms with E-state index in [0.29, 0.717) is 11.4 Å². The predicted molar refractivity (Wildman–Crippen MR) is 106 cm³/mol. The maximum absolute atomic E-state index is 14.8. The van der Waals surface area contributed by atoms with Crippen molar-refractivity contribution in [1.82, 2.24) is 24.7 Å². The van der Waals surface area contributed by atoms with Crippen LogP contribution in [-0.4, -0.2) is 32.4 Å². The molecule has 1 aliphatic rings. The molecular weight excluding hydrogens is 361 g/mol. The van der Waals surface area contributed by atoms with Crippen molar-refractivity contribution in [2.45, 2.75) is 32.6 Å². The van der Waals surface area contributed by atoms with E-state index in [0.717, 1.165) is 63.9 Å². The number of hydrogen-bond acceptors (Lipinski definition) is 5. The van der Waals surface area contributed by atoms with E-state index in [1.165, 1.54) is 0 Å². The van der Waals surface area contributed by atoms with Crippen LogP contribution in [0.3, 0.4) is 0 Å². The Bertz CT molecular complexity index is 1160. The number of imidazole rings is 1. The summed E-state index contributed by atoms with van der Waals surface area (Å²) in [6.07, 6.45) is 6.00. The van der Waals surface area contributed by atoms with Gasteiger partial charge in [0.2, 0.25) is 0 Å². The molecule has 5 nitrogen and oxygen atoms in total. The third kappa shape index (κ3) is 2.91. The molecule has 0 saturated carbocycles. The highest BCUT2D eigenvalue weighted by molar-refractivity contribution is 7.18. The Morgan fingerprint density at radius 1 is 1.11 bits per heavy atom. The van der Waals surface area contributed by atoms with Crippen LogP contribution in [0.1, 0.15) is 35.2 Å². The van der Waals surface area contributed by atoms with Gasteiger partial charge in [0.15, 0.2) is 11.5 Å². The van der Waals surface area contributed by atoms with E-state index >= 15 is 0 Å². The summed E-state index contributed by atoms with van der Waals surface area (Å²) in [6.45, 7) is 5.90. The zero-order valence-electron chi connectivity index (χ0n) is 15.3. The number of piperidine rings is 1. The lowest BCUT2D eigenvalue weighted by atomic mass is 9.99. The maximum atomic E-state index is 14.8. The number of nitrogens with zero attached hydrogens (tertiary/aromatic N) is 4. The van der Waals surface area contributed by atoms with Gasteiger partial charge in [-0.2, -0.15) is 0 Å². The highest BCUT2D eigenvalue weighted by Gasteiger charge is 2.21. The molecule has 5 rings (SSSR count). The molecule has 4 heterocycles. The van der Waals surface area contributed by atoms with Crippen LogP contribution in [-0.2, 0) is 0 Å². The lowest BCUT2D eigenvalue weighted by Crippen LogP contribution is -2.26. The number of rotatable bonds is 2. The number of nitrogens with one attached hydrogen (secondary N) is 1. The first-order chi connectivity index (χ1) is 13.1. The van der Waals surface area contributed by atoms with Gasteiger partial charge in [-0.05, 0) is 51.9 Å². The van der Waals surface area contributed by atoms with Crippen LogP contribution in [0.5, 0.6) is 0 Å². The number of hydrogen-bond donors (Lipinski definition) is 1. The van der Waals surface area contributed by atoms with Crippen molar-refractivity contribution in [3.05, 3.63) is 46.7 Å². The van der Waals surface area contributed by atoms with E-state index < -0.39 is 0 Å². The van der Waals surface area contributed by atoms with Crippen LogP contribution >= 0.6 is 11.3 Å². The molecule has 1 aliphatic heterocycles. The summed E-state index contributed by atoms with van der Waals surface area (Å²) in [4.78, 5) is 13.8. The Kier molecular flexibility index (Phi) is 3.94. The average molecular weight is 381 g/mol. The molecule has 1 fully saturated rings. The van der Waals surface area contributed by atoms with Gasteiger partial charge >= 0.3 is 0 Å². The Labute approximate surface area is 160 Å². The third-order valence-electron chi connectivity index (χ3n) is 5.17. The van der Waals surface area contributed by atoms with E-state index in [4.69, 9.17) is 0 Å². The Morgan fingerprint density at radius 2 is 1.93 bits per heavy atom. The summed E-state index contributed by atoms with van der Waals surface area (Å²) < 4.78 is 17.6. The van der Waals surface area contributed by atoms with Crippen LogP contribution in [0.15, 0.2) is 24.5 Å². The fraction of sp³-hybridized carbons (Fsp3) is 0.350. The van der Waals surface area contributed by atoms with Gasteiger partial charge in [0.05, 0.1) is 26.8 Å². The molecule has 7 heteroatoms. The standard InChI is InChI=1S/C20H20FN5S/c1-11-9-26-10-16(24-19(26)12(2)23-11)14-7-15(21)18-17(8-14)27-20(25-18)13-3-5-22-6-4-13/h7-10,13,22H,3-6H2,1-2H3. The second kappa shape index (κ2) is 6.35. The van der Waals surface area contributed by atoms with Crippen molar-refractivity contribution in [3.8, 4) is 11.3 Å². The van der Waals surface area contributed by atoms with E-state index in [-0.39, 0.29) is 5.82 Å². The van der Waals surface area contributed by atoms with Crippen molar-refractivity contribution >= 4 is 27.2 Å².